The number of urea groups is 1. The van der Waals surface area contributed by atoms with Crippen LogP contribution >= 0.6 is 23.2 Å². The van der Waals surface area contributed by atoms with E-state index in [1.165, 1.54) is 0 Å². The lowest BCUT2D eigenvalue weighted by Crippen LogP contribution is -2.51. The third-order valence-corrected chi connectivity index (χ3v) is 3.83. The molecule has 1 N–H and O–H groups in total. The lowest BCUT2D eigenvalue weighted by Gasteiger charge is -2.34. The molecule has 1 aliphatic rings. The van der Waals surface area contributed by atoms with Crippen LogP contribution in [0.25, 0.3) is 0 Å². The maximum Gasteiger partial charge on any atom is 0.409 e. The van der Waals surface area contributed by atoms with Gasteiger partial charge in [-0.2, -0.15) is 0 Å². The second kappa shape index (κ2) is 7.56. The summed E-state index contributed by atoms with van der Waals surface area (Å²) >= 11 is 11.9. The van der Waals surface area contributed by atoms with Crippen molar-refractivity contribution in [1.82, 2.24) is 9.80 Å². The summed E-state index contributed by atoms with van der Waals surface area (Å²) in [6.45, 7) is 3.85. The highest BCUT2D eigenvalue weighted by Crippen LogP contribution is 2.25. The van der Waals surface area contributed by atoms with Crippen molar-refractivity contribution in [3.63, 3.8) is 0 Å². The molecule has 6 nitrogen and oxygen atoms in total. The Morgan fingerprint density at radius 2 is 1.82 bits per heavy atom. The Hall–Kier alpha value is -1.66. The van der Waals surface area contributed by atoms with E-state index in [0.717, 1.165) is 0 Å². The molecule has 1 aromatic rings. The maximum absolute atomic E-state index is 12.2. The molecular weight excluding hydrogens is 329 g/mol. The smallest absolute Gasteiger partial charge is 0.409 e. The first kappa shape index (κ1) is 16.7. The topological polar surface area (TPSA) is 61.9 Å². The number of piperazine rings is 1. The van der Waals surface area contributed by atoms with Gasteiger partial charge in [-0.05, 0) is 25.1 Å². The lowest BCUT2D eigenvalue weighted by atomic mass is 10.3. The Bertz CT molecular complexity index is 560. The van der Waals surface area contributed by atoms with E-state index in [0.29, 0.717) is 48.5 Å². The van der Waals surface area contributed by atoms with Gasteiger partial charge in [0.15, 0.2) is 0 Å². The number of nitrogens with zero attached hydrogens (tertiary/aromatic N) is 2. The van der Waals surface area contributed by atoms with E-state index in [2.05, 4.69) is 5.32 Å². The van der Waals surface area contributed by atoms with E-state index in [1.54, 1.807) is 34.9 Å². The van der Waals surface area contributed by atoms with Gasteiger partial charge in [-0.25, -0.2) is 9.59 Å². The van der Waals surface area contributed by atoms with Crippen LogP contribution in [0.15, 0.2) is 18.2 Å². The Labute approximate surface area is 138 Å². The molecule has 1 aromatic carbocycles. The minimum Gasteiger partial charge on any atom is -0.450 e. The number of benzene rings is 1. The molecule has 1 heterocycles. The number of amides is 3. The number of rotatable bonds is 2. The molecule has 1 saturated heterocycles. The summed E-state index contributed by atoms with van der Waals surface area (Å²) in [7, 11) is 0. The third-order valence-electron chi connectivity index (χ3n) is 3.26. The molecule has 22 heavy (non-hydrogen) atoms. The van der Waals surface area contributed by atoms with Crippen LogP contribution in [0.2, 0.25) is 10.0 Å². The SMILES string of the molecule is CCOC(=O)N1CCN(C(=O)Nc2cc(Cl)ccc2Cl)CC1. The van der Waals surface area contributed by atoms with Gasteiger partial charge in [-0.15, -0.1) is 0 Å². The van der Waals surface area contributed by atoms with Crippen molar-refractivity contribution >= 4 is 41.0 Å². The highest BCUT2D eigenvalue weighted by Gasteiger charge is 2.25. The van der Waals surface area contributed by atoms with Gasteiger partial charge in [0.05, 0.1) is 17.3 Å². The van der Waals surface area contributed by atoms with Crippen LogP contribution in [-0.4, -0.2) is 54.7 Å². The van der Waals surface area contributed by atoms with E-state index < -0.39 is 0 Å². The van der Waals surface area contributed by atoms with Gasteiger partial charge in [-0.1, -0.05) is 23.2 Å². The van der Waals surface area contributed by atoms with Crippen LogP contribution in [0.5, 0.6) is 0 Å². The Morgan fingerprint density at radius 3 is 2.45 bits per heavy atom. The number of nitrogens with one attached hydrogen (secondary N) is 1. The molecule has 120 valence electrons. The fourth-order valence-electron chi connectivity index (χ4n) is 2.09. The number of anilines is 1. The number of carbonyl (C=O) groups is 2. The Morgan fingerprint density at radius 1 is 1.18 bits per heavy atom. The molecule has 0 bridgehead atoms. The summed E-state index contributed by atoms with van der Waals surface area (Å²) in [5.41, 5.74) is 0.465. The molecule has 1 aliphatic heterocycles. The highest BCUT2D eigenvalue weighted by molar-refractivity contribution is 6.35. The van der Waals surface area contributed by atoms with E-state index >= 15 is 0 Å². The number of carbonyl (C=O) groups excluding carboxylic acids is 2. The predicted molar refractivity (Wildman–Crippen MR) is 85.6 cm³/mol. The molecule has 0 radical (unpaired) electrons. The Kier molecular flexibility index (Phi) is 5.74. The molecule has 0 unspecified atom stereocenters. The molecule has 0 spiro atoms. The zero-order chi connectivity index (χ0) is 16.1. The minimum atomic E-state index is -0.347. The van der Waals surface area contributed by atoms with Crippen LogP contribution in [-0.2, 0) is 4.74 Å². The summed E-state index contributed by atoms with van der Waals surface area (Å²) < 4.78 is 4.94. The molecule has 0 aliphatic carbocycles. The molecule has 8 heteroatoms. The van der Waals surface area contributed by atoms with Crippen molar-refractivity contribution in [1.29, 1.82) is 0 Å². The van der Waals surface area contributed by atoms with Gasteiger partial charge < -0.3 is 19.9 Å². The van der Waals surface area contributed by atoms with E-state index in [1.807, 2.05) is 0 Å². The summed E-state index contributed by atoms with van der Waals surface area (Å²) in [4.78, 5) is 27.0. The van der Waals surface area contributed by atoms with Crippen molar-refractivity contribution in [3.8, 4) is 0 Å². The van der Waals surface area contributed by atoms with Crippen LogP contribution in [0.4, 0.5) is 15.3 Å². The van der Waals surface area contributed by atoms with Crippen molar-refractivity contribution in [2.75, 3.05) is 38.1 Å². The summed E-state index contributed by atoms with van der Waals surface area (Å²) in [6.07, 6.45) is -0.347. The van der Waals surface area contributed by atoms with Crippen LogP contribution in [0, 0.1) is 0 Å². The summed E-state index contributed by atoms with van der Waals surface area (Å²) in [6, 6.07) is 4.60. The first-order chi connectivity index (χ1) is 10.5. The van der Waals surface area contributed by atoms with Gasteiger partial charge in [0.1, 0.15) is 0 Å². The largest absolute Gasteiger partial charge is 0.450 e. The summed E-state index contributed by atoms with van der Waals surface area (Å²) in [5.74, 6) is 0. The van der Waals surface area contributed by atoms with Crippen molar-refractivity contribution in [2.45, 2.75) is 6.92 Å². The Balaban J connectivity index is 1.90. The second-order valence-corrected chi connectivity index (χ2v) is 5.57. The zero-order valence-corrected chi connectivity index (χ0v) is 13.7. The molecule has 0 saturated carbocycles. The molecular formula is C14H17Cl2N3O3. The fourth-order valence-corrected chi connectivity index (χ4v) is 2.43. The van der Waals surface area contributed by atoms with Crippen molar-refractivity contribution in [3.05, 3.63) is 28.2 Å². The summed E-state index contributed by atoms with van der Waals surface area (Å²) in [5, 5.41) is 3.64. The fraction of sp³-hybridized carbons (Fsp3) is 0.429. The third kappa shape index (κ3) is 4.18. The number of halogens is 2. The molecule has 0 aromatic heterocycles. The standard InChI is InChI=1S/C14H17Cl2N3O3/c1-2-22-14(21)19-7-5-18(6-8-19)13(20)17-12-9-10(15)3-4-11(12)16/h3-4,9H,2,5-8H2,1H3,(H,17,20). The van der Waals surface area contributed by atoms with Crippen LogP contribution in [0.1, 0.15) is 6.92 Å². The van der Waals surface area contributed by atoms with E-state index in [9.17, 15) is 9.59 Å². The van der Waals surface area contributed by atoms with E-state index in [4.69, 9.17) is 27.9 Å². The van der Waals surface area contributed by atoms with Gasteiger partial charge in [-0.3, -0.25) is 0 Å². The molecule has 2 rings (SSSR count). The van der Waals surface area contributed by atoms with Crippen molar-refractivity contribution < 1.29 is 14.3 Å². The van der Waals surface area contributed by atoms with Gasteiger partial charge in [0, 0.05) is 31.2 Å². The quantitative estimate of drug-likeness (QED) is 0.894. The average Bonchev–Trinajstić information content (AvgIpc) is 2.51. The monoisotopic (exact) mass is 345 g/mol. The predicted octanol–water partition coefficient (Wildman–Crippen LogP) is 3.30. The van der Waals surface area contributed by atoms with Crippen LogP contribution in [0.3, 0.4) is 0 Å². The second-order valence-electron chi connectivity index (χ2n) is 4.73. The zero-order valence-electron chi connectivity index (χ0n) is 12.1. The maximum atomic E-state index is 12.2. The van der Waals surface area contributed by atoms with Gasteiger partial charge in [0.25, 0.3) is 0 Å². The molecule has 1 fully saturated rings. The molecule has 3 amide bonds. The van der Waals surface area contributed by atoms with E-state index in [-0.39, 0.29) is 12.1 Å². The first-order valence-corrected chi connectivity index (χ1v) is 7.69. The number of hydrogen-bond donors (Lipinski definition) is 1. The number of hydrogen-bond acceptors (Lipinski definition) is 3. The minimum absolute atomic E-state index is 0.271. The first-order valence-electron chi connectivity index (χ1n) is 6.94. The average molecular weight is 346 g/mol. The van der Waals surface area contributed by atoms with Gasteiger partial charge in [0.2, 0.25) is 0 Å². The van der Waals surface area contributed by atoms with Crippen LogP contribution < -0.4 is 5.32 Å². The van der Waals surface area contributed by atoms with Crippen molar-refractivity contribution in [2.24, 2.45) is 0 Å². The highest BCUT2D eigenvalue weighted by atomic mass is 35.5. The number of ether oxygens (including phenoxy) is 1. The van der Waals surface area contributed by atoms with Gasteiger partial charge >= 0.3 is 12.1 Å². The molecule has 0 atom stereocenters. The normalized spacial score (nSPS) is 14.7. The lowest BCUT2D eigenvalue weighted by molar-refractivity contribution is 0.0868.